The number of piperidine rings is 1. The monoisotopic (exact) mass is 355 g/mol. The van der Waals surface area contributed by atoms with E-state index >= 15 is 0 Å². The molecule has 1 unspecified atom stereocenters. The Morgan fingerprint density at radius 3 is 2.65 bits per heavy atom. The lowest BCUT2D eigenvalue weighted by Crippen LogP contribution is -2.43. The van der Waals surface area contributed by atoms with Crippen molar-refractivity contribution in [3.8, 4) is 0 Å². The number of carbonyl (C=O) groups is 1. The molecule has 138 valence electrons. The Morgan fingerprint density at radius 1 is 1.27 bits per heavy atom. The lowest BCUT2D eigenvalue weighted by atomic mass is 9.71. The van der Waals surface area contributed by atoms with Gasteiger partial charge in [0.2, 0.25) is 5.89 Å². The Balaban J connectivity index is 1.56. The number of urea groups is 1. The van der Waals surface area contributed by atoms with Crippen molar-refractivity contribution < 1.29 is 9.32 Å². The number of benzene rings is 1. The number of hydrogen-bond acceptors (Lipinski definition) is 5. The van der Waals surface area contributed by atoms with Crippen LogP contribution in [0.15, 0.2) is 34.9 Å². The number of likely N-dealkylation sites (tertiary alicyclic amines) is 2. The molecule has 1 aromatic carbocycles. The molecule has 1 N–H and O–H groups in total. The summed E-state index contributed by atoms with van der Waals surface area (Å²) >= 11 is 0. The lowest BCUT2D eigenvalue weighted by Gasteiger charge is -2.40. The third kappa shape index (κ3) is 3.19. The summed E-state index contributed by atoms with van der Waals surface area (Å²) in [7, 11) is 2.15. The van der Waals surface area contributed by atoms with E-state index < -0.39 is 0 Å². The van der Waals surface area contributed by atoms with Crippen LogP contribution < -0.4 is 5.32 Å². The maximum atomic E-state index is 12.8. The van der Waals surface area contributed by atoms with Gasteiger partial charge in [0.1, 0.15) is 0 Å². The minimum absolute atomic E-state index is 0.0134. The summed E-state index contributed by atoms with van der Waals surface area (Å²) in [6, 6.07) is 9.52. The largest absolute Gasteiger partial charge is 0.339 e. The number of hydrogen-bond donors (Lipinski definition) is 1. The number of nitrogens with zero attached hydrogens (tertiary/aromatic N) is 4. The molecule has 1 atom stereocenters. The summed E-state index contributed by atoms with van der Waals surface area (Å²) in [6.07, 6.45) is 2.06. The van der Waals surface area contributed by atoms with E-state index in [1.165, 1.54) is 0 Å². The van der Waals surface area contributed by atoms with Crippen LogP contribution >= 0.6 is 0 Å². The minimum Gasteiger partial charge on any atom is -0.339 e. The normalized spacial score (nSPS) is 22.7. The van der Waals surface area contributed by atoms with Gasteiger partial charge in [-0.05, 0) is 52.0 Å². The van der Waals surface area contributed by atoms with E-state index in [-0.39, 0.29) is 17.4 Å². The number of para-hydroxylation sites is 1. The molecule has 2 aromatic rings. The molecule has 3 heterocycles. The topological polar surface area (TPSA) is 74.5 Å². The van der Waals surface area contributed by atoms with Gasteiger partial charge in [-0.3, -0.25) is 0 Å². The quantitative estimate of drug-likeness (QED) is 0.896. The fraction of sp³-hybridized carbons (Fsp3) is 0.526. The van der Waals surface area contributed by atoms with Gasteiger partial charge in [0.25, 0.3) is 0 Å². The second-order valence-corrected chi connectivity index (χ2v) is 7.57. The van der Waals surface area contributed by atoms with Gasteiger partial charge in [0.05, 0.1) is 5.92 Å². The van der Waals surface area contributed by atoms with Gasteiger partial charge in [-0.15, -0.1) is 0 Å². The van der Waals surface area contributed by atoms with Crippen molar-refractivity contribution in [3.63, 3.8) is 0 Å². The highest BCUT2D eigenvalue weighted by molar-refractivity contribution is 5.89. The summed E-state index contributed by atoms with van der Waals surface area (Å²) < 4.78 is 5.52. The molecule has 0 bridgehead atoms. The van der Waals surface area contributed by atoms with Crippen LogP contribution in [-0.4, -0.2) is 59.2 Å². The van der Waals surface area contributed by atoms with Crippen molar-refractivity contribution >= 4 is 11.7 Å². The van der Waals surface area contributed by atoms with Crippen molar-refractivity contribution in [2.45, 2.75) is 25.7 Å². The van der Waals surface area contributed by atoms with E-state index in [2.05, 4.69) is 27.4 Å². The van der Waals surface area contributed by atoms with E-state index in [1.54, 1.807) is 0 Å². The van der Waals surface area contributed by atoms with Gasteiger partial charge in [0.15, 0.2) is 5.82 Å². The molecule has 4 rings (SSSR count). The minimum atomic E-state index is -0.0618. The average Bonchev–Trinajstić information content (AvgIpc) is 3.23. The predicted molar refractivity (Wildman–Crippen MR) is 98.0 cm³/mol. The first-order valence-corrected chi connectivity index (χ1v) is 9.15. The van der Waals surface area contributed by atoms with Crippen molar-refractivity contribution in [2.24, 2.45) is 5.41 Å². The van der Waals surface area contributed by atoms with Crippen LogP contribution in [0.4, 0.5) is 10.5 Å². The number of aryl methyl sites for hydroxylation is 1. The number of nitrogens with one attached hydrogen (secondary N) is 1. The second-order valence-electron chi connectivity index (χ2n) is 7.57. The van der Waals surface area contributed by atoms with Crippen LogP contribution in [-0.2, 0) is 0 Å². The summed E-state index contributed by atoms with van der Waals surface area (Å²) in [5.74, 6) is 1.41. The molecule has 7 nitrogen and oxygen atoms in total. The Kier molecular flexibility index (Phi) is 4.40. The van der Waals surface area contributed by atoms with Gasteiger partial charge in [0, 0.05) is 24.2 Å². The van der Waals surface area contributed by atoms with Crippen molar-refractivity contribution in [1.29, 1.82) is 0 Å². The highest BCUT2D eigenvalue weighted by Gasteiger charge is 2.51. The van der Waals surface area contributed by atoms with Gasteiger partial charge in [-0.2, -0.15) is 4.98 Å². The van der Waals surface area contributed by atoms with E-state index in [9.17, 15) is 4.79 Å². The Bertz CT molecular complexity index is 767. The fourth-order valence-electron chi connectivity index (χ4n) is 4.21. The smallest absolute Gasteiger partial charge is 0.321 e. The van der Waals surface area contributed by atoms with E-state index in [0.29, 0.717) is 18.3 Å². The standard InChI is InChI=1S/C19H25N5O2/c1-14-20-17(26-22-14)16-12-24(13-19(16)8-10-23(2)11-9-19)18(25)21-15-6-4-3-5-7-15/h3-7,16H,8-13H2,1-2H3,(H,21,25). The molecule has 2 saturated heterocycles. The van der Waals surface area contributed by atoms with Crippen molar-refractivity contribution in [2.75, 3.05) is 38.5 Å². The van der Waals surface area contributed by atoms with Crippen LogP contribution in [0, 0.1) is 12.3 Å². The van der Waals surface area contributed by atoms with Crippen LogP contribution in [0.2, 0.25) is 0 Å². The van der Waals surface area contributed by atoms with Gasteiger partial charge >= 0.3 is 6.03 Å². The summed E-state index contributed by atoms with van der Waals surface area (Å²) in [6.45, 7) is 5.23. The zero-order chi connectivity index (χ0) is 18.1. The molecule has 2 aliphatic heterocycles. The molecule has 0 saturated carbocycles. The number of carbonyl (C=O) groups excluding carboxylic acids is 1. The lowest BCUT2D eigenvalue weighted by molar-refractivity contribution is 0.106. The predicted octanol–water partition coefficient (Wildman–Crippen LogP) is 2.72. The first-order chi connectivity index (χ1) is 12.6. The Morgan fingerprint density at radius 2 is 2.00 bits per heavy atom. The first-order valence-electron chi connectivity index (χ1n) is 9.15. The summed E-state index contributed by atoms with van der Waals surface area (Å²) in [5, 5.41) is 6.98. The van der Waals surface area contributed by atoms with Crippen LogP contribution in [0.1, 0.15) is 30.5 Å². The maximum absolute atomic E-state index is 12.8. The third-order valence-electron chi connectivity index (χ3n) is 5.78. The highest BCUT2D eigenvalue weighted by atomic mass is 16.5. The van der Waals surface area contributed by atoms with Crippen LogP contribution in [0.25, 0.3) is 0 Å². The van der Waals surface area contributed by atoms with E-state index in [0.717, 1.165) is 38.2 Å². The highest BCUT2D eigenvalue weighted by Crippen LogP contribution is 2.49. The molecule has 7 heteroatoms. The number of aromatic nitrogens is 2. The zero-order valence-corrected chi connectivity index (χ0v) is 15.3. The fourth-order valence-corrected chi connectivity index (χ4v) is 4.21. The molecular formula is C19H25N5O2. The molecule has 26 heavy (non-hydrogen) atoms. The SMILES string of the molecule is Cc1noc(C2CN(C(=O)Nc3ccccc3)CC23CCN(C)CC3)n1. The Hall–Kier alpha value is -2.41. The van der Waals surface area contributed by atoms with Crippen molar-refractivity contribution in [1.82, 2.24) is 19.9 Å². The molecule has 0 aliphatic carbocycles. The molecule has 0 radical (unpaired) electrons. The maximum Gasteiger partial charge on any atom is 0.321 e. The molecular weight excluding hydrogens is 330 g/mol. The number of anilines is 1. The zero-order valence-electron chi connectivity index (χ0n) is 15.3. The molecule has 1 aromatic heterocycles. The first kappa shape index (κ1) is 17.0. The molecule has 2 amide bonds. The van der Waals surface area contributed by atoms with Gasteiger partial charge < -0.3 is 19.6 Å². The Labute approximate surface area is 153 Å². The second kappa shape index (κ2) is 6.72. The summed E-state index contributed by atoms with van der Waals surface area (Å²) in [4.78, 5) is 21.6. The van der Waals surface area contributed by atoms with Crippen molar-refractivity contribution in [3.05, 3.63) is 42.0 Å². The molecule has 2 fully saturated rings. The number of rotatable bonds is 2. The number of amides is 2. The molecule has 2 aliphatic rings. The van der Waals surface area contributed by atoms with Crippen LogP contribution in [0.3, 0.4) is 0 Å². The third-order valence-corrected chi connectivity index (χ3v) is 5.78. The molecule has 1 spiro atoms. The van der Waals surface area contributed by atoms with Crippen LogP contribution in [0.5, 0.6) is 0 Å². The van der Waals surface area contributed by atoms with Gasteiger partial charge in [-0.25, -0.2) is 4.79 Å². The van der Waals surface area contributed by atoms with E-state index in [4.69, 9.17) is 4.52 Å². The average molecular weight is 355 g/mol. The van der Waals surface area contributed by atoms with E-state index in [1.807, 2.05) is 42.2 Å². The summed E-state index contributed by atoms with van der Waals surface area (Å²) in [5.41, 5.74) is 0.825. The van der Waals surface area contributed by atoms with Gasteiger partial charge in [-0.1, -0.05) is 23.4 Å².